The molecular formula is C23H16N4O6. The summed E-state index contributed by atoms with van der Waals surface area (Å²) in [6.07, 6.45) is 1.15. The monoisotopic (exact) mass is 444 g/mol. The second-order valence-corrected chi connectivity index (χ2v) is 7.27. The Morgan fingerprint density at radius 1 is 1.18 bits per heavy atom. The molecule has 1 unspecified atom stereocenters. The van der Waals surface area contributed by atoms with Gasteiger partial charge in [0.2, 0.25) is 5.91 Å². The third-order valence-electron chi connectivity index (χ3n) is 5.22. The van der Waals surface area contributed by atoms with Crippen molar-refractivity contribution in [1.29, 1.82) is 5.26 Å². The summed E-state index contributed by atoms with van der Waals surface area (Å²) in [5.74, 6) is -1.39. The van der Waals surface area contributed by atoms with Crippen LogP contribution in [0.5, 0.6) is 0 Å². The molecule has 0 bridgehead atoms. The molecule has 2 heterocycles. The molecule has 3 amide bonds. The van der Waals surface area contributed by atoms with Gasteiger partial charge in [0.15, 0.2) is 0 Å². The number of nitrogens with zero attached hydrogens (tertiary/aromatic N) is 4. The first-order valence-corrected chi connectivity index (χ1v) is 9.84. The van der Waals surface area contributed by atoms with E-state index < -0.39 is 28.7 Å². The zero-order chi connectivity index (χ0) is 23.5. The van der Waals surface area contributed by atoms with E-state index in [9.17, 15) is 24.5 Å². The molecule has 1 aromatic heterocycles. The van der Waals surface area contributed by atoms with Gasteiger partial charge in [0, 0.05) is 17.7 Å². The van der Waals surface area contributed by atoms with Gasteiger partial charge in [-0.2, -0.15) is 5.26 Å². The van der Waals surface area contributed by atoms with E-state index in [1.54, 1.807) is 12.1 Å². The Morgan fingerprint density at radius 3 is 2.58 bits per heavy atom. The molecule has 0 N–H and O–H groups in total. The summed E-state index contributed by atoms with van der Waals surface area (Å²) in [7, 11) is 0. The first-order valence-electron chi connectivity index (χ1n) is 9.84. The van der Waals surface area contributed by atoms with E-state index >= 15 is 0 Å². The first-order chi connectivity index (χ1) is 15.9. The van der Waals surface area contributed by atoms with Crippen molar-refractivity contribution in [2.45, 2.75) is 19.0 Å². The highest BCUT2D eigenvalue weighted by Gasteiger charge is 2.45. The average Bonchev–Trinajstić information content (AvgIpc) is 3.44. The molecule has 2 aromatic carbocycles. The number of carbonyl (C=O) groups is 3. The lowest BCUT2D eigenvalue weighted by Gasteiger charge is -2.27. The topological polar surface area (TPSA) is 138 Å². The van der Waals surface area contributed by atoms with E-state index in [0.717, 1.165) is 11.0 Å². The number of hydrogen-bond acceptors (Lipinski definition) is 7. The number of anilines is 1. The molecule has 164 valence electrons. The normalized spacial score (nSPS) is 15.4. The van der Waals surface area contributed by atoms with Gasteiger partial charge in [0.1, 0.15) is 11.8 Å². The molecule has 1 saturated heterocycles. The van der Waals surface area contributed by atoms with E-state index in [4.69, 9.17) is 9.68 Å². The largest absolute Gasteiger partial charge is 0.467 e. The van der Waals surface area contributed by atoms with Gasteiger partial charge in [-0.05, 0) is 42.5 Å². The number of rotatable bonds is 6. The van der Waals surface area contributed by atoms with E-state index in [0.29, 0.717) is 11.3 Å². The number of amides is 3. The van der Waals surface area contributed by atoms with Crippen molar-refractivity contribution in [3.8, 4) is 6.07 Å². The van der Waals surface area contributed by atoms with Crippen molar-refractivity contribution in [2.75, 3.05) is 4.90 Å². The van der Waals surface area contributed by atoms with Crippen molar-refractivity contribution in [3.63, 3.8) is 0 Å². The molecule has 1 aliphatic rings. The van der Waals surface area contributed by atoms with Crippen LogP contribution in [0.25, 0.3) is 0 Å². The predicted molar refractivity (Wildman–Crippen MR) is 114 cm³/mol. The van der Waals surface area contributed by atoms with Gasteiger partial charge in [-0.15, -0.1) is 0 Å². The van der Waals surface area contributed by atoms with Crippen molar-refractivity contribution in [1.82, 2.24) is 4.90 Å². The fraction of sp³-hybridized carbons (Fsp3) is 0.130. The van der Waals surface area contributed by atoms with E-state index in [1.807, 2.05) is 6.07 Å². The smallest absolute Gasteiger partial charge is 0.270 e. The predicted octanol–water partition coefficient (Wildman–Crippen LogP) is 3.03. The van der Waals surface area contributed by atoms with Crippen LogP contribution in [-0.4, -0.2) is 33.6 Å². The maximum absolute atomic E-state index is 13.4. The zero-order valence-corrected chi connectivity index (χ0v) is 17.1. The number of non-ortho nitro benzene ring substituents is 1. The van der Waals surface area contributed by atoms with E-state index in [2.05, 4.69) is 0 Å². The number of nitriles is 1. The summed E-state index contributed by atoms with van der Waals surface area (Å²) in [6.45, 7) is -0.112. The van der Waals surface area contributed by atoms with Gasteiger partial charge in [-0.25, -0.2) is 4.90 Å². The van der Waals surface area contributed by atoms with Gasteiger partial charge in [-0.1, -0.05) is 6.07 Å². The Kier molecular flexibility index (Phi) is 5.69. The van der Waals surface area contributed by atoms with Crippen LogP contribution in [0.4, 0.5) is 11.4 Å². The van der Waals surface area contributed by atoms with Crippen LogP contribution in [0.2, 0.25) is 0 Å². The number of nitro benzene ring substituents is 1. The van der Waals surface area contributed by atoms with E-state index in [-0.39, 0.29) is 29.9 Å². The van der Waals surface area contributed by atoms with Gasteiger partial charge in [-0.3, -0.25) is 24.5 Å². The van der Waals surface area contributed by atoms with E-state index in [1.165, 1.54) is 53.6 Å². The molecule has 0 aliphatic carbocycles. The lowest BCUT2D eigenvalue weighted by Crippen LogP contribution is -2.45. The van der Waals surface area contributed by atoms with Crippen LogP contribution >= 0.6 is 0 Å². The van der Waals surface area contributed by atoms with Crippen molar-refractivity contribution < 1.29 is 23.7 Å². The summed E-state index contributed by atoms with van der Waals surface area (Å²) in [5.41, 5.74) is 0.390. The van der Waals surface area contributed by atoms with Crippen LogP contribution < -0.4 is 4.90 Å². The van der Waals surface area contributed by atoms with Crippen LogP contribution in [0.1, 0.15) is 28.1 Å². The molecule has 10 heteroatoms. The number of carbonyl (C=O) groups excluding carboxylic acids is 3. The summed E-state index contributed by atoms with van der Waals surface area (Å²) in [4.78, 5) is 52.0. The Morgan fingerprint density at radius 2 is 1.94 bits per heavy atom. The van der Waals surface area contributed by atoms with Gasteiger partial charge < -0.3 is 9.32 Å². The molecule has 0 saturated carbocycles. The zero-order valence-electron chi connectivity index (χ0n) is 17.1. The molecule has 0 radical (unpaired) electrons. The second kappa shape index (κ2) is 8.76. The van der Waals surface area contributed by atoms with Crippen LogP contribution in [0.3, 0.4) is 0 Å². The maximum Gasteiger partial charge on any atom is 0.270 e. The molecule has 1 fully saturated rings. The maximum atomic E-state index is 13.4. The van der Waals surface area contributed by atoms with Gasteiger partial charge in [0.25, 0.3) is 17.5 Å². The Balaban J connectivity index is 1.68. The molecular weight excluding hydrogens is 428 g/mol. The van der Waals surface area contributed by atoms with Gasteiger partial charge in [0.05, 0.1) is 41.5 Å². The molecule has 1 aliphatic heterocycles. The lowest BCUT2D eigenvalue weighted by atomic mass is 10.1. The minimum atomic E-state index is -1.13. The fourth-order valence-corrected chi connectivity index (χ4v) is 3.63. The third-order valence-corrected chi connectivity index (χ3v) is 5.22. The number of hydrogen-bond donors (Lipinski definition) is 0. The van der Waals surface area contributed by atoms with Crippen LogP contribution in [0, 0.1) is 21.4 Å². The number of benzene rings is 2. The summed E-state index contributed by atoms with van der Waals surface area (Å²) in [6, 6.07) is 15.2. The summed E-state index contributed by atoms with van der Waals surface area (Å²) < 4.78 is 5.33. The Hall–Kier alpha value is -4.78. The number of furan rings is 1. The quantitative estimate of drug-likeness (QED) is 0.324. The third kappa shape index (κ3) is 4.20. The average molecular weight is 444 g/mol. The molecule has 10 nitrogen and oxygen atoms in total. The first kappa shape index (κ1) is 21.5. The summed E-state index contributed by atoms with van der Waals surface area (Å²) in [5, 5.41) is 20.1. The minimum Gasteiger partial charge on any atom is -0.467 e. The van der Waals surface area contributed by atoms with Crippen LogP contribution in [0.15, 0.2) is 71.3 Å². The summed E-state index contributed by atoms with van der Waals surface area (Å²) >= 11 is 0. The van der Waals surface area contributed by atoms with Crippen molar-refractivity contribution in [2.24, 2.45) is 0 Å². The lowest BCUT2D eigenvalue weighted by molar-refractivity contribution is -0.384. The second-order valence-electron chi connectivity index (χ2n) is 7.27. The fourth-order valence-electron chi connectivity index (χ4n) is 3.63. The van der Waals surface area contributed by atoms with Crippen molar-refractivity contribution >= 4 is 29.1 Å². The molecule has 4 rings (SSSR count). The van der Waals surface area contributed by atoms with Crippen LogP contribution in [-0.2, 0) is 16.1 Å². The standard InChI is InChI=1S/C23H16N4O6/c24-13-15-6-8-17(9-7-15)26-21(28)12-20(23(26)30)25(14-19-5-2-10-33-19)22(29)16-3-1-4-18(11-16)27(31)32/h1-11,20H,12,14H2. The molecule has 3 aromatic rings. The molecule has 1 atom stereocenters. The van der Waals surface area contributed by atoms with Crippen molar-refractivity contribution in [3.05, 3.63) is 93.9 Å². The molecule has 0 spiro atoms. The van der Waals surface area contributed by atoms with Gasteiger partial charge >= 0.3 is 0 Å². The number of imide groups is 1. The number of nitro groups is 1. The molecule has 33 heavy (non-hydrogen) atoms. The highest BCUT2D eigenvalue weighted by atomic mass is 16.6. The minimum absolute atomic E-state index is 0.00725. The highest BCUT2D eigenvalue weighted by molar-refractivity contribution is 6.23. The highest BCUT2D eigenvalue weighted by Crippen LogP contribution is 2.28. The Labute approximate surface area is 187 Å². The Bertz CT molecular complexity index is 1280. The SMILES string of the molecule is N#Cc1ccc(N2C(=O)CC(N(Cc3ccco3)C(=O)c3cccc([N+](=O)[O-])c3)C2=O)cc1.